The molecule has 0 N–H and O–H groups in total. The van der Waals surface area contributed by atoms with E-state index in [-0.39, 0.29) is 47.8 Å². The van der Waals surface area contributed by atoms with Gasteiger partial charge < -0.3 is 18.9 Å². The largest absolute Gasteiger partial charge is 0.463 e. The van der Waals surface area contributed by atoms with Crippen molar-refractivity contribution in [2.24, 2.45) is 23.7 Å². The van der Waals surface area contributed by atoms with Gasteiger partial charge in [-0.05, 0) is 126 Å². The predicted molar refractivity (Wildman–Crippen MR) is 169 cm³/mol. The lowest BCUT2D eigenvalue weighted by Gasteiger charge is -2.44. The van der Waals surface area contributed by atoms with Crippen molar-refractivity contribution in [3.05, 3.63) is 25.3 Å². The minimum absolute atomic E-state index is 0.147. The Morgan fingerprint density at radius 1 is 0.523 bits per heavy atom. The summed E-state index contributed by atoms with van der Waals surface area (Å²) < 4.78 is 53.2. The van der Waals surface area contributed by atoms with E-state index in [1.165, 1.54) is 12.2 Å². The van der Waals surface area contributed by atoms with Crippen molar-refractivity contribution in [1.29, 1.82) is 0 Å². The molecule has 0 spiro atoms. The first-order chi connectivity index (χ1) is 21.4. The fourth-order valence-corrected chi connectivity index (χ4v) is 7.61. The molecule has 3 aliphatic rings. The second-order valence-corrected chi connectivity index (χ2v) is 13.2. The molecule has 0 aromatic carbocycles. The normalized spacial score (nSPS) is 30.8. The quantitative estimate of drug-likeness (QED) is 0.0770. The highest BCUT2D eigenvalue weighted by Crippen LogP contribution is 2.47. The second-order valence-electron chi connectivity index (χ2n) is 13.2. The first-order valence-corrected chi connectivity index (χ1v) is 17.5. The fourth-order valence-electron chi connectivity index (χ4n) is 7.61. The van der Waals surface area contributed by atoms with E-state index in [1.54, 1.807) is 0 Å². The van der Waals surface area contributed by atoms with Crippen molar-refractivity contribution in [2.75, 3.05) is 26.4 Å². The van der Waals surface area contributed by atoms with Crippen LogP contribution in [0.3, 0.4) is 0 Å². The molecule has 0 radical (unpaired) electrons. The summed E-state index contributed by atoms with van der Waals surface area (Å²) >= 11 is 0. The summed E-state index contributed by atoms with van der Waals surface area (Å²) in [6.45, 7) is 9.11. The van der Waals surface area contributed by atoms with Crippen LogP contribution < -0.4 is 0 Å². The SMILES string of the molecule is C=CC(=O)OCCCCCCOC1CCC(C2CCC(C3CCC(OCCCCCCOC(=O)C=C)CC3)C(F)C2F)CC1. The van der Waals surface area contributed by atoms with E-state index >= 15 is 8.78 Å². The Balaban J connectivity index is 1.22. The Hall–Kier alpha value is -1.80. The molecule has 0 aromatic rings. The number of unbranched alkanes of at least 4 members (excludes halogenated alkanes) is 6. The van der Waals surface area contributed by atoms with Crippen LogP contribution >= 0.6 is 0 Å². The molecule has 8 heteroatoms. The highest BCUT2D eigenvalue weighted by atomic mass is 19.2. The van der Waals surface area contributed by atoms with Gasteiger partial charge in [-0.25, -0.2) is 18.4 Å². The van der Waals surface area contributed by atoms with Crippen LogP contribution in [0.25, 0.3) is 0 Å². The summed E-state index contributed by atoms with van der Waals surface area (Å²) in [5.74, 6) is -0.491. The topological polar surface area (TPSA) is 71.1 Å². The van der Waals surface area contributed by atoms with E-state index in [0.29, 0.717) is 13.2 Å². The summed E-state index contributed by atoms with van der Waals surface area (Å²) in [6, 6.07) is 0. The van der Waals surface area contributed by atoms with Crippen LogP contribution in [0.15, 0.2) is 25.3 Å². The van der Waals surface area contributed by atoms with Crippen LogP contribution in [0.1, 0.15) is 116 Å². The third kappa shape index (κ3) is 12.9. The van der Waals surface area contributed by atoms with Crippen LogP contribution in [0.4, 0.5) is 8.78 Å². The Labute approximate surface area is 264 Å². The zero-order valence-electron chi connectivity index (χ0n) is 26.9. The van der Waals surface area contributed by atoms with Crippen LogP contribution in [0.5, 0.6) is 0 Å². The molecule has 3 fully saturated rings. The number of rotatable bonds is 20. The lowest BCUT2D eigenvalue weighted by Crippen LogP contribution is -2.45. The number of alkyl halides is 2. The number of ether oxygens (including phenoxy) is 4. The molecule has 0 amide bonds. The Morgan fingerprint density at radius 3 is 1.20 bits per heavy atom. The molecule has 0 aromatic heterocycles. The smallest absolute Gasteiger partial charge is 0.330 e. The zero-order valence-corrected chi connectivity index (χ0v) is 26.9. The van der Waals surface area contributed by atoms with Crippen molar-refractivity contribution in [1.82, 2.24) is 0 Å². The van der Waals surface area contributed by atoms with Gasteiger partial charge in [0.15, 0.2) is 0 Å². The molecule has 3 aliphatic carbocycles. The second kappa shape index (κ2) is 21.1. The van der Waals surface area contributed by atoms with Crippen molar-refractivity contribution in [3.63, 3.8) is 0 Å². The average Bonchev–Trinajstić information content (AvgIpc) is 3.05. The first kappa shape index (κ1) is 36.7. The van der Waals surface area contributed by atoms with Gasteiger partial charge in [-0.15, -0.1) is 0 Å². The third-order valence-corrected chi connectivity index (χ3v) is 10.2. The number of esters is 2. The molecule has 252 valence electrons. The van der Waals surface area contributed by atoms with Crippen LogP contribution in [0.2, 0.25) is 0 Å². The van der Waals surface area contributed by atoms with Crippen molar-refractivity contribution < 1.29 is 37.3 Å². The molecule has 0 heterocycles. The molecule has 0 bridgehead atoms. The summed E-state index contributed by atoms with van der Waals surface area (Å²) in [7, 11) is 0. The first-order valence-electron chi connectivity index (χ1n) is 17.5. The molecule has 3 rings (SSSR count). The van der Waals surface area contributed by atoms with Gasteiger partial charge in [-0.3, -0.25) is 0 Å². The molecule has 4 unspecified atom stereocenters. The number of carbonyl (C=O) groups excluding carboxylic acids is 2. The van der Waals surface area contributed by atoms with Crippen LogP contribution in [-0.4, -0.2) is 62.9 Å². The molecule has 44 heavy (non-hydrogen) atoms. The minimum Gasteiger partial charge on any atom is -0.463 e. The maximum absolute atomic E-state index is 15.5. The maximum atomic E-state index is 15.5. The van der Waals surface area contributed by atoms with Gasteiger partial charge in [0.1, 0.15) is 12.3 Å². The number of hydrogen-bond donors (Lipinski definition) is 0. The molecule has 4 atom stereocenters. The van der Waals surface area contributed by atoms with E-state index in [2.05, 4.69) is 13.2 Å². The van der Waals surface area contributed by atoms with Crippen LogP contribution in [-0.2, 0) is 28.5 Å². The van der Waals surface area contributed by atoms with E-state index in [9.17, 15) is 9.59 Å². The molecular weight excluding hydrogens is 566 g/mol. The van der Waals surface area contributed by atoms with E-state index in [1.807, 2.05) is 0 Å². The Kier molecular flexibility index (Phi) is 17.6. The monoisotopic (exact) mass is 624 g/mol. The van der Waals surface area contributed by atoms with E-state index in [0.717, 1.165) is 129 Å². The molecule has 6 nitrogen and oxygen atoms in total. The average molecular weight is 625 g/mol. The molecule has 3 saturated carbocycles. The van der Waals surface area contributed by atoms with Crippen molar-refractivity contribution in [2.45, 2.75) is 140 Å². The fraction of sp³-hybridized carbons (Fsp3) is 0.833. The van der Waals surface area contributed by atoms with Crippen molar-refractivity contribution >= 4 is 11.9 Å². The van der Waals surface area contributed by atoms with Gasteiger partial charge >= 0.3 is 11.9 Å². The van der Waals surface area contributed by atoms with Gasteiger partial charge in [0.2, 0.25) is 0 Å². The highest BCUT2D eigenvalue weighted by molar-refractivity contribution is 5.81. The number of carbonyl (C=O) groups is 2. The van der Waals surface area contributed by atoms with Gasteiger partial charge in [0.25, 0.3) is 0 Å². The highest BCUT2D eigenvalue weighted by Gasteiger charge is 2.46. The molecule has 0 saturated heterocycles. The lowest BCUT2D eigenvalue weighted by atomic mass is 9.64. The van der Waals surface area contributed by atoms with Gasteiger partial charge in [-0.2, -0.15) is 0 Å². The zero-order chi connectivity index (χ0) is 31.6. The minimum atomic E-state index is -1.34. The Morgan fingerprint density at radius 2 is 0.864 bits per heavy atom. The van der Waals surface area contributed by atoms with E-state index in [4.69, 9.17) is 18.9 Å². The summed E-state index contributed by atoms with van der Waals surface area (Å²) in [5.41, 5.74) is 0. The molecule has 0 aliphatic heterocycles. The van der Waals surface area contributed by atoms with Crippen LogP contribution in [0, 0.1) is 23.7 Å². The van der Waals surface area contributed by atoms with Gasteiger partial charge in [0, 0.05) is 25.4 Å². The van der Waals surface area contributed by atoms with Crippen molar-refractivity contribution in [3.8, 4) is 0 Å². The number of halogens is 2. The summed E-state index contributed by atoms with van der Waals surface area (Å²) in [6.07, 6.45) is 17.1. The molecular formula is C36H58F2O6. The summed E-state index contributed by atoms with van der Waals surface area (Å²) in [5, 5.41) is 0. The predicted octanol–water partition coefficient (Wildman–Crippen LogP) is 8.42. The van der Waals surface area contributed by atoms with E-state index < -0.39 is 12.3 Å². The lowest BCUT2D eigenvalue weighted by molar-refractivity contribution is -0.138. The third-order valence-electron chi connectivity index (χ3n) is 10.2. The maximum Gasteiger partial charge on any atom is 0.330 e. The standard InChI is InChI=1S/C36H58F2O6/c1-3-33(39)43-25-11-7-5-9-23-41-29-17-13-27(14-18-29)31-21-22-32(36(38)35(31)37)28-15-19-30(20-16-28)42-24-10-6-8-12-26-44-34(40)4-2/h3-4,27-32,35-36H,1-2,5-26H2. The van der Waals surface area contributed by atoms with Gasteiger partial charge in [-0.1, -0.05) is 26.0 Å². The van der Waals surface area contributed by atoms with Gasteiger partial charge in [0.05, 0.1) is 25.4 Å². The number of hydrogen-bond acceptors (Lipinski definition) is 6. The summed E-state index contributed by atoms with van der Waals surface area (Å²) in [4.78, 5) is 22.1. The Bertz CT molecular complexity index is 768.